The molecule has 20 heavy (non-hydrogen) atoms. The molecule has 1 fully saturated rings. The summed E-state index contributed by atoms with van der Waals surface area (Å²) in [5.41, 5.74) is 2.49. The summed E-state index contributed by atoms with van der Waals surface area (Å²) in [6.45, 7) is 4.99. The van der Waals surface area contributed by atoms with E-state index in [1.54, 1.807) is 7.05 Å². The van der Waals surface area contributed by atoms with Crippen molar-refractivity contribution in [3.63, 3.8) is 0 Å². The second-order valence-corrected chi connectivity index (χ2v) is 4.87. The maximum atomic E-state index is 11.1. The molecule has 1 heterocycles. The Morgan fingerprint density at radius 2 is 2.15 bits per heavy atom. The number of carbonyl (C=O) groups excluding carboxylic acids is 1. The van der Waals surface area contributed by atoms with Crippen LogP contribution in [-0.2, 0) is 16.1 Å². The van der Waals surface area contributed by atoms with Gasteiger partial charge in [0.15, 0.2) is 0 Å². The van der Waals surface area contributed by atoms with Gasteiger partial charge in [0.2, 0.25) is 5.91 Å². The summed E-state index contributed by atoms with van der Waals surface area (Å²) in [7, 11) is 1.66. The molecule has 1 amide bonds. The number of hydrogen-bond acceptors (Lipinski definition) is 4. The van der Waals surface area contributed by atoms with E-state index < -0.39 is 0 Å². The Kier molecular flexibility index (Phi) is 5.83. The second-order valence-electron chi connectivity index (χ2n) is 4.87. The first-order chi connectivity index (χ1) is 9.79. The Hall–Kier alpha value is -1.59. The first kappa shape index (κ1) is 14.8. The number of morpholine rings is 1. The highest BCUT2D eigenvalue weighted by Crippen LogP contribution is 2.17. The molecule has 1 aliphatic heterocycles. The molecule has 1 aromatic carbocycles. The molecular formula is C15H23N3O2. The van der Waals surface area contributed by atoms with Crippen LogP contribution in [-0.4, -0.2) is 45.8 Å². The monoisotopic (exact) mass is 277 g/mol. The number of nitrogens with zero attached hydrogens (tertiary/aromatic N) is 1. The molecule has 0 bridgehead atoms. The van der Waals surface area contributed by atoms with Crippen molar-refractivity contribution in [2.75, 3.05) is 44.8 Å². The lowest BCUT2D eigenvalue weighted by molar-refractivity contribution is -0.120. The van der Waals surface area contributed by atoms with Gasteiger partial charge in [-0.2, -0.15) is 0 Å². The minimum absolute atomic E-state index is 0.0690. The van der Waals surface area contributed by atoms with Gasteiger partial charge in [-0.15, -0.1) is 0 Å². The Bertz CT molecular complexity index is 431. The number of hydrogen-bond donors (Lipinski definition) is 2. The van der Waals surface area contributed by atoms with Crippen LogP contribution in [0.25, 0.3) is 0 Å². The van der Waals surface area contributed by atoms with Gasteiger partial charge in [0, 0.05) is 45.3 Å². The molecule has 1 aromatic rings. The molecule has 110 valence electrons. The molecule has 1 aliphatic rings. The minimum atomic E-state index is 0.0690. The largest absolute Gasteiger partial charge is 0.378 e. The number of anilines is 1. The van der Waals surface area contributed by atoms with Crippen LogP contribution in [0.5, 0.6) is 0 Å². The van der Waals surface area contributed by atoms with Crippen LogP contribution >= 0.6 is 0 Å². The van der Waals surface area contributed by atoms with Gasteiger partial charge >= 0.3 is 0 Å². The number of rotatable bonds is 6. The highest BCUT2D eigenvalue weighted by molar-refractivity contribution is 5.75. The van der Waals surface area contributed by atoms with Crippen molar-refractivity contribution in [3.05, 3.63) is 29.8 Å². The molecular weight excluding hydrogens is 254 g/mol. The normalized spacial score (nSPS) is 15.2. The Labute approximate surface area is 120 Å². The predicted molar refractivity (Wildman–Crippen MR) is 79.9 cm³/mol. The number of ether oxygens (including phenoxy) is 1. The Morgan fingerprint density at radius 3 is 2.90 bits per heavy atom. The summed E-state index contributed by atoms with van der Waals surface area (Å²) >= 11 is 0. The summed E-state index contributed by atoms with van der Waals surface area (Å²) < 4.78 is 5.37. The summed E-state index contributed by atoms with van der Waals surface area (Å²) in [5.74, 6) is 0.0690. The van der Waals surface area contributed by atoms with Crippen molar-refractivity contribution in [2.24, 2.45) is 0 Å². The lowest BCUT2D eigenvalue weighted by atomic mass is 10.1. The van der Waals surface area contributed by atoms with E-state index in [4.69, 9.17) is 4.74 Å². The molecule has 0 saturated carbocycles. The van der Waals surface area contributed by atoms with Crippen molar-refractivity contribution >= 4 is 11.6 Å². The Balaban J connectivity index is 1.81. The standard InChI is InChI=1S/C15H23N3O2/c1-16-15(19)5-6-17-12-13-3-2-4-14(11-13)18-7-9-20-10-8-18/h2-4,11,17H,5-10,12H2,1H3,(H,16,19). The van der Waals surface area contributed by atoms with Gasteiger partial charge in [-0.05, 0) is 17.7 Å². The minimum Gasteiger partial charge on any atom is -0.378 e. The molecule has 0 unspecified atom stereocenters. The highest BCUT2D eigenvalue weighted by atomic mass is 16.5. The zero-order valence-electron chi connectivity index (χ0n) is 12.0. The van der Waals surface area contributed by atoms with Gasteiger partial charge in [-0.25, -0.2) is 0 Å². The molecule has 0 atom stereocenters. The third-order valence-electron chi connectivity index (χ3n) is 3.42. The van der Waals surface area contributed by atoms with E-state index in [2.05, 4.69) is 39.8 Å². The van der Waals surface area contributed by atoms with E-state index in [9.17, 15) is 4.79 Å². The van der Waals surface area contributed by atoms with Crippen molar-refractivity contribution in [1.29, 1.82) is 0 Å². The zero-order valence-corrected chi connectivity index (χ0v) is 12.0. The van der Waals surface area contributed by atoms with Gasteiger partial charge in [0.25, 0.3) is 0 Å². The molecule has 0 spiro atoms. The van der Waals surface area contributed by atoms with Gasteiger partial charge in [0.05, 0.1) is 13.2 Å². The van der Waals surface area contributed by atoms with Gasteiger partial charge in [-0.3, -0.25) is 4.79 Å². The van der Waals surface area contributed by atoms with Gasteiger partial charge in [0.1, 0.15) is 0 Å². The van der Waals surface area contributed by atoms with E-state index in [0.29, 0.717) is 13.0 Å². The maximum Gasteiger partial charge on any atom is 0.221 e. The van der Waals surface area contributed by atoms with Crippen molar-refractivity contribution in [1.82, 2.24) is 10.6 Å². The Morgan fingerprint density at radius 1 is 1.35 bits per heavy atom. The smallest absolute Gasteiger partial charge is 0.221 e. The quantitative estimate of drug-likeness (QED) is 0.754. The van der Waals surface area contributed by atoms with Crippen molar-refractivity contribution in [2.45, 2.75) is 13.0 Å². The molecule has 1 saturated heterocycles. The van der Waals surface area contributed by atoms with E-state index in [-0.39, 0.29) is 5.91 Å². The van der Waals surface area contributed by atoms with Crippen LogP contribution < -0.4 is 15.5 Å². The SMILES string of the molecule is CNC(=O)CCNCc1cccc(N2CCOCC2)c1. The van der Waals surface area contributed by atoms with Crippen LogP contribution in [0.2, 0.25) is 0 Å². The summed E-state index contributed by atoms with van der Waals surface area (Å²) in [6, 6.07) is 8.54. The molecule has 5 heteroatoms. The second kappa shape index (κ2) is 7.87. The summed E-state index contributed by atoms with van der Waals surface area (Å²) in [6.07, 6.45) is 0.514. The molecule has 2 N–H and O–H groups in total. The van der Waals surface area contributed by atoms with Crippen LogP contribution in [0.15, 0.2) is 24.3 Å². The summed E-state index contributed by atoms with van der Waals surface area (Å²) in [4.78, 5) is 13.5. The summed E-state index contributed by atoms with van der Waals surface area (Å²) in [5, 5.41) is 5.91. The fourth-order valence-corrected chi connectivity index (χ4v) is 2.24. The molecule has 0 radical (unpaired) electrons. The van der Waals surface area contributed by atoms with Gasteiger partial charge in [-0.1, -0.05) is 12.1 Å². The topological polar surface area (TPSA) is 53.6 Å². The fourth-order valence-electron chi connectivity index (χ4n) is 2.24. The zero-order chi connectivity index (χ0) is 14.2. The third kappa shape index (κ3) is 4.51. The lowest BCUT2D eigenvalue weighted by Gasteiger charge is -2.29. The van der Waals surface area contributed by atoms with E-state index in [0.717, 1.165) is 32.8 Å². The molecule has 2 rings (SSSR count). The average Bonchev–Trinajstić information content (AvgIpc) is 2.52. The maximum absolute atomic E-state index is 11.1. The number of nitrogens with one attached hydrogen (secondary N) is 2. The lowest BCUT2D eigenvalue weighted by Crippen LogP contribution is -2.36. The van der Waals surface area contributed by atoms with E-state index >= 15 is 0 Å². The molecule has 0 aromatic heterocycles. The predicted octanol–water partition coefficient (Wildman–Crippen LogP) is 0.749. The van der Waals surface area contributed by atoms with Gasteiger partial charge < -0.3 is 20.3 Å². The van der Waals surface area contributed by atoms with Crippen LogP contribution in [0.1, 0.15) is 12.0 Å². The van der Waals surface area contributed by atoms with Crippen LogP contribution in [0.4, 0.5) is 5.69 Å². The number of carbonyl (C=O) groups is 1. The first-order valence-corrected chi connectivity index (χ1v) is 7.12. The highest BCUT2D eigenvalue weighted by Gasteiger charge is 2.11. The number of amides is 1. The van der Waals surface area contributed by atoms with Crippen molar-refractivity contribution < 1.29 is 9.53 Å². The fraction of sp³-hybridized carbons (Fsp3) is 0.533. The third-order valence-corrected chi connectivity index (χ3v) is 3.42. The molecule has 5 nitrogen and oxygen atoms in total. The average molecular weight is 277 g/mol. The van der Waals surface area contributed by atoms with Crippen molar-refractivity contribution in [3.8, 4) is 0 Å². The van der Waals surface area contributed by atoms with E-state index in [1.165, 1.54) is 11.3 Å². The van der Waals surface area contributed by atoms with Crippen LogP contribution in [0, 0.1) is 0 Å². The first-order valence-electron chi connectivity index (χ1n) is 7.12. The molecule has 0 aliphatic carbocycles. The van der Waals surface area contributed by atoms with E-state index in [1.807, 2.05) is 0 Å². The number of benzene rings is 1. The van der Waals surface area contributed by atoms with Crippen LogP contribution in [0.3, 0.4) is 0 Å².